The van der Waals surface area contributed by atoms with E-state index >= 15 is 0 Å². The molecule has 0 fully saturated rings. The van der Waals surface area contributed by atoms with Gasteiger partial charge in [0.1, 0.15) is 5.82 Å². The summed E-state index contributed by atoms with van der Waals surface area (Å²) >= 11 is 0. The van der Waals surface area contributed by atoms with Crippen LogP contribution >= 0.6 is 0 Å². The van der Waals surface area contributed by atoms with Crippen LogP contribution in [0, 0.1) is 25.7 Å². The van der Waals surface area contributed by atoms with Crippen LogP contribution in [0.4, 0.5) is 0 Å². The highest BCUT2D eigenvalue weighted by Gasteiger charge is 2.13. The van der Waals surface area contributed by atoms with Gasteiger partial charge < -0.3 is 9.30 Å². The third kappa shape index (κ3) is 3.02. The van der Waals surface area contributed by atoms with Gasteiger partial charge in [-0.15, -0.1) is 5.10 Å². The topological polar surface area (TPSA) is 70.1 Å². The van der Waals surface area contributed by atoms with Crippen LogP contribution < -0.4 is 4.74 Å². The fraction of sp³-hybridized carbons (Fsp3) is 0.200. The predicted molar refractivity (Wildman–Crippen MR) is 101 cm³/mol. The van der Waals surface area contributed by atoms with E-state index in [2.05, 4.69) is 31.9 Å². The third-order valence-corrected chi connectivity index (χ3v) is 4.26. The lowest BCUT2D eigenvalue weighted by Crippen LogP contribution is -2.02. The summed E-state index contributed by atoms with van der Waals surface area (Å²) in [7, 11) is 3.51. The largest absolute Gasteiger partial charge is 0.481 e. The maximum atomic E-state index is 5.29. The zero-order valence-corrected chi connectivity index (χ0v) is 15.6. The predicted octanol–water partition coefficient (Wildman–Crippen LogP) is 2.55. The average Bonchev–Trinajstić information content (AvgIpc) is 3.28. The molecule has 0 saturated heterocycles. The molecule has 7 heteroatoms. The number of rotatable bonds is 2. The van der Waals surface area contributed by atoms with Gasteiger partial charge in [-0.3, -0.25) is 0 Å². The van der Waals surface area contributed by atoms with Crippen molar-refractivity contribution < 1.29 is 4.74 Å². The van der Waals surface area contributed by atoms with Gasteiger partial charge in [-0.05, 0) is 25.7 Å². The lowest BCUT2D eigenvalue weighted by atomic mass is 10.2. The van der Waals surface area contributed by atoms with E-state index in [0.29, 0.717) is 29.0 Å². The molecular formula is C20H18N6O. The van der Waals surface area contributed by atoms with Crippen molar-refractivity contribution in [3.05, 3.63) is 59.6 Å². The third-order valence-electron chi connectivity index (χ3n) is 4.26. The van der Waals surface area contributed by atoms with Gasteiger partial charge in [-0.25, -0.2) is 4.98 Å². The van der Waals surface area contributed by atoms with Crippen molar-refractivity contribution in [3.63, 3.8) is 0 Å². The van der Waals surface area contributed by atoms with Gasteiger partial charge in [0.05, 0.1) is 18.4 Å². The van der Waals surface area contributed by atoms with Crippen LogP contribution in [0.1, 0.15) is 23.0 Å². The van der Waals surface area contributed by atoms with Crippen LogP contribution in [-0.4, -0.2) is 36.2 Å². The van der Waals surface area contributed by atoms with E-state index in [1.54, 1.807) is 11.6 Å². The van der Waals surface area contributed by atoms with Crippen LogP contribution in [0.3, 0.4) is 0 Å². The van der Waals surface area contributed by atoms with Crippen LogP contribution in [0.5, 0.6) is 5.88 Å². The van der Waals surface area contributed by atoms with E-state index in [1.807, 2.05) is 62.0 Å². The highest BCUT2D eigenvalue weighted by Crippen LogP contribution is 2.20. The summed E-state index contributed by atoms with van der Waals surface area (Å²) < 4.78 is 8.86. The van der Waals surface area contributed by atoms with E-state index in [9.17, 15) is 0 Å². The lowest BCUT2D eigenvalue weighted by molar-refractivity contribution is 0.392. The Morgan fingerprint density at radius 2 is 1.78 bits per heavy atom. The second kappa shape index (κ2) is 6.57. The van der Waals surface area contributed by atoms with Gasteiger partial charge in [0, 0.05) is 18.8 Å². The number of benzene rings is 1. The zero-order valence-electron chi connectivity index (χ0n) is 15.6. The van der Waals surface area contributed by atoms with Gasteiger partial charge in [-0.2, -0.15) is 14.5 Å². The van der Waals surface area contributed by atoms with Crippen molar-refractivity contribution in [3.8, 4) is 29.0 Å². The van der Waals surface area contributed by atoms with Crippen LogP contribution in [0.2, 0.25) is 0 Å². The quantitative estimate of drug-likeness (QED) is 0.515. The Morgan fingerprint density at radius 1 is 1.00 bits per heavy atom. The second-order valence-corrected chi connectivity index (χ2v) is 6.14. The molecule has 0 spiro atoms. The molecule has 0 unspecified atom stereocenters. The Morgan fingerprint density at radius 3 is 2.52 bits per heavy atom. The summed E-state index contributed by atoms with van der Waals surface area (Å²) in [6, 6.07) is 10.0. The number of hydrogen-bond acceptors (Lipinski definition) is 5. The number of fused-ring (bicyclic) bond motifs is 1. The molecule has 3 heterocycles. The smallest absolute Gasteiger partial charge is 0.226 e. The molecule has 0 amide bonds. The molecule has 27 heavy (non-hydrogen) atoms. The number of imidazole rings is 1. The first-order valence-electron chi connectivity index (χ1n) is 8.45. The zero-order chi connectivity index (χ0) is 19.0. The van der Waals surface area contributed by atoms with Crippen molar-refractivity contribution in [1.82, 2.24) is 29.1 Å². The number of hydrogen-bond donors (Lipinski definition) is 0. The van der Waals surface area contributed by atoms with E-state index in [0.717, 1.165) is 16.8 Å². The van der Waals surface area contributed by atoms with E-state index in [1.165, 1.54) is 0 Å². The summed E-state index contributed by atoms with van der Waals surface area (Å²) in [4.78, 5) is 13.5. The molecule has 0 N–H and O–H groups in total. The molecule has 4 rings (SSSR count). The maximum absolute atomic E-state index is 5.29. The first-order valence-corrected chi connectivity index (χ1v) is 8.45. The van der Waals surface area contributed by atoms with Gasteiger partial charge >= 0.3 is 0 Å². The minimum atomic E-state index is 0.417. The van der Waals surface area contributed by atoms with Crippen LogP contribution in [0.25, 0.3) is 16.9 Å². The fourth-order valence-electron chi connectivity index (χ4n) is 2.85. The van der Waals surface area contributed by atoms with Crippen LogP contribution in [0.15, 0.2) is 36.5 Å². The second-order valence-electron chi connectivity index (χ2n) is 6.14. The molecule has 0 aliphatic rings. The number of ether oxygens (including phenoxy) is 1. The summed E-state index contributed by atoms with van der Waals surface area (Å²) in [6.07, 6.45) is 1.96. The van der Waals surface area contributed by atoms with E-state index in [-0.39, 0.29) is 0 Å². The first kappa shape index (κ1) is 16.8. The van der Waals surface area contributed by atoms with E-state index < -0.39 is 0 Å². The van der Waals surface area contributed by atoms with Gasteiger partial charge in [0.15, 0.2) is 11.5 Å². The molecule has 0 bridgehead atoms. The van der Waals surface area contributed by atoms with E-state index in [4.69, 9.17) is 4.74 Å². The molecule has 4 aromatic rings. The van der Waals surface area contributed by atoms with Crippen molar-refractivity contribution in [2.45, 2.75) is 13.8 Å². The summed E-state index contributed by atoms with van der Waals surface area (Å²) in [6.45, 7) is 3.75. The summed E-state index contributed by atoms with van der Waals surface area (Å²) in [5.74, 6) is 8.37. The Hall–Kier alpha value is -3.66. The molecule has 0 atom stereocenters. The minimum Gasteiger partial charge on any atom is -0.481 e. The molecule has 3 aromatic heterocycles. The van der Waals surface area contributed by atoms with Crippen LogP contribution in [-0.2, 0) is 7.05 Å². The normalized spacial score (nSPS) is 10.7. The standard InChI is InChI=1S/C20H18N6O/c1-13-19-23-17(24-26(19)14(2)21-20(13)27-4)10-11-18-22-16(12-25(18)3)15-8-6-5-7-9-15/h5-9,12H,1-4H3. The molecule has 0 aliphatic heterocycles. The molecule has 1 aromatic carbocycles. The minimum absolute atomic E-state index is 0.417. The van der Waals surface area contributed by atoms with Crippen molar-refractivity contribution in [1.29, 1.82) is 0 Å². The SMILES string of the molecule is COc1nc(C)n2nc(C#Cc3nc(-c4ccccc4)cn3C)nc2c1C. The van der Waals surface area contributed by atoms with Crippen molar-refractivity contribution >= 4 is 5.65 Å². The summed E-state index contributed by atoms with van der Waals surface area (Å²) in [5, 5.41) is 4.44. The van der Waals surface area contributed by atoms with Crippen molar-refractivity contribution in [2.24, 2.45) is 7.05 Å². The molecule has 7 nitrogen and oxygen atoms in total. The highest BCUT2D eigenvalue weighted by atomic mass is 16.5. The summed E-state index contributed by atoms with van der Waals surface area (Å²) in [5.41, 5.74) is 3.45. The highest BCUT2D eigenvalue weighted by molar-refractivity contribution is 5.59. The number of nitrogens with zero attached hydrogens (tertiary/aromatic N) is 6. The maximum Gasteiger partial charge on any atom is 0.226 e. The number of methoxy groups -OCH3 is 1. The Bertz CT molecular complexity index is 1190. The molecule has 0 radical (unpaired) electrons. The van der Waals surface area contributed by atoms with Gasteiger partial charge in [0.2, 0.25) is 11.7 Å². The lowest BCUT2D eigenvalue weighted by Gasteiger charge is -2.05. The average molecular weight is 358 g/mol. The fourth-order valence-corrected chi connectivity index (χ4v) is 2.85. The molecule has 134 valence electrons. The molecular weight excluding hydrogens is 340 g/mol. The molecule has 0 aliphatic carbocycles. The monoisotopic (exact) mass is 358 g/mol. The molecule has 0 saturated carbocycles. The Balaban J connectivity index is 1.72. The number of aromatic nitrogens is 6. The Kier molecular flexibility index (Phi) is 4.09. The van der Waals surface area contributed by atoms with Gasteiger partial charge in [0.25, 0.3) is 0 Å². The van der Waals surface area contributed by atoms with Crippen molar-refractivity contribution in [2.75, 3.05) is 7.11 Å². The Labute approximate surface area is 156 Å². The number of aryl methyl sites for hydroxylation is 3. The van der Waals surface area contributed by atoms with Gasteiger partial charge in [-0.1, -0.05) is 30.3 Å². The first-order chi connectivity index (χ1) is 13.1.